The second kappa shape index (κ2) is 23.6. The van der Waals surface area contributed by atoms with Crippen LogP contribution in [0, 0.1) is 0 Å². The van der Waals surface area contributed by atoms with E-state index in [4.69, 9.17) is 44.3 Å². The van der Waals surface area contributed by atoms with Gasteiger partial charge in [0.05, 0.1) is 0 Å². The third-order valence-electron chi connectivity index (χ3n) is 5.86. The first kappa shape index (κ1) is 42.3. The van der Waals surface area contributed by atoms with Crippen LogP contribution in [-0.4, -0.2) is 101 Å². The Balaban J connectivity index is 0. The minimum Gasteiger partial charge on any atom is -0.395 e. The first-order valence-electron chi connectivity index (χ1n) is 15.1. The van der Waals surface area contributed by atoms with Crippen LogP contribution in [0.5, 0.6) is 0 Å². The molecule has 0 fully saturated rings. The van der Waals surface area contributed by atoms with E-state index in [1.165, 1.54) is 0 Å². The fourth-order valence-corrected chi connectivity index (χ4v) is 17.6. The largest absolute Gasteiger partial charge is 0.529 e. The Morgan fingerprint density at radius 1 is 0.375 bits per heavy atom. The first-order chi connectivity index (χ1) is 19.0. The van der Waals surface area contributed by atoms with Crippen LogP contribution in [0.4, 0.5) is 0 Å². The minimum absolute atomic E-state index is 0.227. The molecule has 0 aromatic rings. The van der Waals surface area contributed by atoms with E-state index >= 15 is 0 Å². The molecule has 0 aliphatic heterocycles. The van der Waals surface area contributed by atoms with Gasteiger partial charge in [0.15, 0.2) is 0 Å². The highest BCUT2D eigenvalue weighted by molar-refractivity contribution is 6.87. The van der Waals surface area contributed by atoms with Crippen molar-refractivity contribution in [1.82, 2.24) is 0 Å². The lowest BCUT2D eigenvalue weighted by Gasteiger charge is -2.40. The van der Waals surface area contributed by atoms with Crippen molar-refractivity contribution in [2.45, 2.75) is 94.4 Å². The Morgan fingerprint density at radius 2 is 0.550 bits per heavy atom. The van der Waals surface area contributed by atoms with Crippen molar-refractivity contribution in [2.24, 2.45) is 0 Å². The van der Waals surface area contributed by atoms with Crippen molar-refractivity contribution in [3.63, 3.8) is 0 Å². The monoisotopic (exact) mass is 646 g/mol. The average Bonchev–Trinajstić information content (AvgIpc) is 2.89. The first-order valence-corrected chi connectivity index (χ1v) is 23.5. The molecule has 40 heavy (non-hydrogen) atoms. The van der Waals surface area contributed by atoms with E-state index in [-0.39, 0.29) is 5.16 Å². The second-order valence-corrected chi connectivity index (χ2v) is 21.0. The molecule has 0 amide bonds. The van der Waals surface area contributed by atoms with E-state index in [2.05, 4.69) is 20.0 Å². The fraction of sp³-hybridized carbons (Fsp3) is 0.923. The molecule has 10 nitrogen and oxygen atoms in total. The zero-order valence-corrected chi connectivity index (χ0v) is 31.9. The molecule has 0 radical (unpaired) electrons. The molecular weight excluding hydrogens is 585 g/mol. The topological polar surface area (TPSA) is 92.3 Å². The van der Waals surface area contributed by atoms with Gasteiger partial charge >= 0.3 is 34.7 Å². The highest BCUT2D eigenvalue weighted by atomic mass is 28.4. The maximum atomic E-state index is 5.96. The molecule has 0 spiro atoms. The lowest BCUT2D eigenvalue weighted by molar-refractivity contribution is 0.0787. The van der Waals surface area contributed by atoms with Gasteiger partial charge in [0.1, 0.15) is 0 Å². The molecule has 0 aliphatic carbocycles. The molecular formula is C26H62O10Si4. The van der Waals surface area contributed by atoms with Gasteiger partial charge in [0, 0.05) is 71.2 Å². The van der Waals surface area contributed by atoms with Gasteiger partial charge in [-0.15, -0.1) is 0 Å². The van der Waals surface area contributed by atoms with Crippen LogP contribution in [-0.2, 0) is 44.3 Å². The molecule has 0 rings (SSSR count). The van der Waals surface area contributed by atoms with Gasteiger partial charge in [-0.1, -0.05) is 6.92 Å². The third-order valence-corrected chi connectivity index (χ3v) is 21.2. The molecule has 0 heterocycles. The summed E-state index contributed by atoms with van der Waals surface area (Å²) in [5, 5.41) is 0.227. The summed E-state index contributed by atoms with van der Waals surface area (Å²) < 4.78 is 58.7. The molecule has 0 aromatic carbocycles. The van der Waals surface area contributed by atoms with Crippen molar-refractivity contribution in [2.75, 3.05) is 66.1 Å². The van der Waals surface area contributed by atoms with Gasteiger partial charge in [-0.05, 0) is 93.7 Å². The number of rotatable bonds is 24. The second-order valence-electron chi connectivity index (χ2n) is 8.62. The maximum absolute atomic E-state index is 5.96. The predicted molar refractivity (Wildman–Crippen MR) is 170 cm³/mol. The summed E-state index contributed by atoms with van der Waals surface area (Å²) >= 11 is 0. The van der Waals surface area contributed by atoms with Crippen LogP contribution >= 0.6 is 0 Å². The number of hydrogen-bond acceptors (Lipinski definition) is 10. The minimum atomic E-state index is -2.88. The van der Waals surface area contributed by atoms with Crippen molar-refractivity contribution in [1.29, 1.82) is 0 Å². The molecule has 0 bridgehead atoms. The smallest absolute Gasteiger partial charge is 0.395 e. The lowest BCUT2D eigenvalue weighted by atomic mass is 10.9. The summed E-state index contributed by atoms with van der Waals surface area (Å²) in [6.07, 6.45) is 0. The summed E-state index contributed by atoms with van der Waals surface area (Å²) in [4.78, 5) is 0. The number of hydrogen-bond donors (Lipinski definition) is 0. The van der Waals surface area contributed by atoms with Gasteiger partial charge in [0.2, 0.25) is 0 Å². The summed E-state index contributed by atoms with van der Waals surface area (Å²) in [7, 11) is -10.3. The Bertz CT molecular complexity index is 534. The molecule has 0 unspecified atom stereocenters. The van der Waals surface area contributed by atoms with E-state index < -0.39 is 34.7 Å². The maximum Gasteiger partial charge on any atom is 0.529 e. The molecule has 242 valence electrons. The molecule has 0 saturated heterocycles. The van der Waals surface area contributed by atoms with E-state index in [0.717, 1.165) is 0 Å². The van der Waals surface area contributed by atoms with Gasteiger partial charge in [0.25, 0.3) is 0 Å². The van der Waals surface area contributed by atoms with Crippen LogP contribution in [0.25, 0.3) is 0 Å². The van der Waals surface area contributed by atoms with Gasteiger partial charge in [-0.25, -0.2) is 0 Å². The molecule has 0 saturated carbocycles. The standard InChI is InChI=1S/C14H32O6Si2.C12H30O4Si2/c1-7-15-21(16-8-2,17-9-3)13-14-22(18-10-4,19-11-5)20-12-6;1-8-13-17(6,14-9-2)12(5)18(7,15-10-3)16-11-4/h13-14H,7-12H2,1-6H3;12H,8-11H2,1-7H3. The van der Waals surface area contributed by atoms with Crippen LogP contribution in [0.15, 0.2) is 11.4 Å². The van der Waals surface area contributed by atoms with E-state index in [1.54, 1.807) is 0 Å². The van der Waals surface area contributed by atoms with Gasteiger partial charge in [-0.3, -0.25) is 0 Å². The van der Waals surface area contributed by atoms with E-state index in [9.17, 15) is 0 Å². The molecule has 14 heteroatoms. The van der Waals surface area contributed by atoms with Crippen LogP contribution < -0.4 is 0 Å². The van der Waals surface area contributed by atoms with Crippen molar-refractivity contribution in [3.05, 3.63) is 11.4 Å². The van der Waals surface area contributed by atoms with Crippen molar-refractivity contribution >= 4 is 34.7 Å². The van der Waals surface area contributed by atoms with Crippen molar-refractivity contribution < 1.29 is 44.3 Å². The quantitative estimate of drug-likeness (QED) is 0.118. The zero-order chi connectivity index (χ0) is 31.1. The fourth-order valence-electron chi connectivity index (χ4n) is 4.16. The Morgan fingerprint density at radius 3 is 0.700 bits per heavy atom. The summed E-state index contributed by atoms with van der Waals surface area (Å²) in [5.74, 6) is 0. The summed E-state index contributed by atoms with van der Waals surface area (Å²) in [6.45, 7) is 31.8. The average molecular weight is 647 g/mol. The Labute approximate surface area is 250 Å². The molecule has 0 aliphatic rings. The zero-order valence-electron chi connectivity index (χ0n) is 27.9. The van der Waals surface area contributed by atoms with Crippen molar-refractivity contribution in [3.8, 4) is 0 Å². The normalized spacial score (nSPS) is 13.2. The van der Waals surface area contributed by atoms with E-state index in [0.29, 0.717) is 66.1 Å². The highest BCUT2D eigenvalue weighted by Gasteiger charge is 2.53. The molecule has 0 aromatic heterocycles. The lowest BCUT2D eigenvalue weighted by Crippen LogP contribution is -2.57. The predicted octanol–water partition coefficient (Wildman–Crippen LogP) is 5.92. The van der Waals surface area contributed by atoms with Gasteiger partial charge in [-0.2, -0.15) is 0 Å². The molecule has 0 N–H and O–H groups in total. The summed E-state index contributed by atoms with van der Waals surface area (Å²) in [6, 6.07) is 0. The Kier molecular flexibility index (Phi) is 25.0. The van der Waals surface area contributed by atoms with Crippen LogP contribution in [0.1, 0.15) is 76.2 Å². The Hall–Kier alpha value is 0.208. The SMILES string of the molecule is CCO[Si](C)(OCC)C(C)[Si](C)(OCC)OCC.CCO[Si](C=C[Si](OCC)(OCC)OCC)(OCC)OCC. The molecule has 0 atom stereocenters. The third kappa shape index (κ3) is 15.1. The van der Waals surface area contributed by atoms with E-state index in [1.807, 2.05) is 80.6 Å². The van der Waals surface area contributed by atoms with Gasteiger partial charge < -0.3 is 44.3 Å². The van der Waals surface area contributed by atoms with Crippen LogP contribution in [0.3, 0.4) is 0 Å². The van der Waals surface area contributed by atoms with Crippen LogP contribution in [0.2, 0.25) is 18.3 Å². The highest BCUT2D eigenvalue weighted by Crippen LogP contribution is 2.34. The summed E-state index contributed by atoms with van der Waals surface area (Å²) in [5.41, 5.74) is 3.69.